The van der Waals surface area contributed by atoms with Crippen molar-refractivity contribution in [1.82, 2.24) is 0 Å². The molecule has 3 aromatic rings. The second-order valence-electron chi connectivity index (χ2n) is 6.12. The van der Waals surface area contributed by atoms with E-state index in [9.17, 15) is 18.5 Å². The summed E-state index contributed by atoms with van der Waals surface area (Å²) in [5.41, 5.74) is 0.682. The van der Waals surface area contributed by atoms with E-state index in [1.54, 1.807) is 36.4 Å². The summed E-state index contributed by atoms with van der Waals surface area (Å²) in [6, 6.07) is 16.7. The first kappa shape index (κ1) is 20.9. The van der Waals surface area contributed by atoms with Gasteiger partial charge in [-0.3, -0.25) is 14.8 Å². The molecule has 0 bridgehead atoms. The van der Waals surface area contributed by atoms with Crippen LogP contribution in [0.15, 0.2) is 71.6 Å². The van der Waals surface area contributed by atoms with Gasteiger partial charge in [-0.1, -0.05) is 0 Å². The third kappa shape index (κ3) is 4.78. The molecule has 0 saturated carbocycles. The molecule has 0 aromatic heterocycles. The zero-order chi connectivity index (χ0) is 21.7. The fraction of sp³-hybridized carbons (Fsp3) is 0.100. The molecular formula is C20H19N3O6S. The lowest BCUT2D eigenvalue weighted by Gasteiger charge is -2.11. The molecule has 2 N–H and O–H groups in total. The van der Waals surface area contributed by atoms with E-state index in [4.69, 9.17) is 9.47 Å². The predicted molar refractivity (Wildman–Crippen MR) is 113 cm³/mol. The number of nitro benzene ring substituents is 1. The molecule has 0 saturated heterocycles. The average Bonchev–Trinajstić information content (AvgIpc) is 2.74. The molecule has 3 aromatic carbocycles. The van der Waals surface area contributed by atoms with Crippen LogP contribution in [0.25, 0.3) is 0 Å². The van der Waals surface area contributed by atoms with Crippen molar-refractivity contribution in [2.24, 2.45) is 0 Å². The molecule has 3 rings (SSSR count). The van der Waals surface area contributed by atoms with Gasteiger partial charge in [0.1, 0.15) is 17.2 Å². The van der Waals surface area contributed by atoms with Crippen molar-refractivity contribution in [1.29, 1.82) is 0 Å². The molecule has 0 aliphatic heterocycles. The molecule has 0 unspecified atom stereocenters. The minimum Gasteiger partial charge on any atom is -0.497 e. The van der Waals surface area contributed by atoms with E-state index in [1.165, 1.54) is 38.5 Å². The lowest BCUT2D eigenvalue weighted by atomic mass is 10.2. The third-order valence-corrected chi connectivity index (χ3v) is 5.57. The lowest BCUT2D eigenvalue weighted by Crippen LogP contribution is -2.13. The number of ether oxygens (including phenoxy) is 2. The quantitative estimate of drug-likeness (QED) is 0.407. The average molecular weight is 429 g/mol. The first-order chi connectivity index (χ1) is 14.3. The number of anilines is 3. The van der Waals surface area contributed by atoms with Gasteiger partial charge < -0.3 is 14.8 Å². The highest BCUT2D eigenvalue weighted by molar-refractivity contribution is 7.92. The summed E-state index contributed by atoms with van der Waals surface area (Å²) in [5.74, 6) is 1.21. The molecule has 0 amide bonds. The Morgan fingerprint density at radius 3 is 1.87 bits per heavy atom. The van der Waals surface area contributed by atoms with E-state index in [2.05, 4.69) is 10.0 Å². The molecule has 156 valence electrons. The molecular weight excluding hydrogens is 410 g/mol. The number of benzene rings is 3. The van der Waals surface area contributed by atoms with Crippen molar-refractivity contribution in [2.45, 2.75) is 4.90 Å². The van der Waals surface area contributed by atoms with Crippen LogP contribution in [0.1, 0.15) is 0 Å². The molecule has 0 aliphatic rings. The van der Waals surface area contributed by atoms with Crippen LogP contribution < -0.4 is 19.5 Å². The first-order valence-electron chi connectivity index (χ1n) is 8.69. The number of nitrogens with zero attached hydrogens (tertiary/aromatic N) is 1. The highest BCUT2D eigenvalue weighted by atomic mass is 32.2. The van der Waals surface area contributed by atoms with Crippen molar-refractivity contribution in [3.05, 3.63) is 76.8 Å². The number of hydrogen-bond donors (Lipinski definition) is 2. The maximum atomic E-state index is 12.7. The van der Waals surface area contributed by atoms with Crippen molar-refractivity contribution in [3.8, 4) is 11.5 Å². The Balaban J connectivity index is 1.88. The maximum absolute atomic E-state index is 12.7. The fourth-order valence-electron chi connectivity index (χ4n) is 2.64. The Morgan fingerprint density at radius 2 is 1.37 bits per heavy atom. The van der Waals surface area contributed by atoms with Gasteiger partial charge in [0.2, 0.25) is 0 Å². The summed E-state index contributed by atoms with van der Waals surface area (Å²) in [5, 5.41) is 14.5. The Kier molecular flexibility index (Phi) is 6.07. The Hall–Kier alpha value is -3.79. The zero-order valence-corrected chi connectivity index (χ0v) is 17.0. The van der Waals surface area contributed by atoms with Gasteiger partial charge in [-0.2, -0.15) is 0 Å². The number of methoxy groups -OCH3 is 2. The molecule has 0 atom stereocenters. The summed E-state index contributed by atoms with van der Waals surface area (Å²) in [6.45, 7) is 0. The molecule has 0 spiro atoms. The summed E-state index contributed by atoms with van der Waals surface area (Å²) in [7, 11) is -0.993. The van der Waals surface area contributed by atoms with Crippen molar-refractivity contribution < 1.29 is 22.8 Å². The monoisotopic (exact) mass is 429 g/mol. The molecule has 9 nitrogen and oxygen atoms in total. The van der Waals surface area contributed by atoms with E-state index in [0.717, 1.165) is 6.07 Å². The van der Waals surface area contributed by atoms with Gasteiger partial charge in [-0.15, -0.1) is 0 Å². The largest absolute Gasteiger partial charge is 0.497 e. The number of nitro groups is 1. The van der Waals surface area contributed by atoms with Gasteiger partial charge in [0.05, 0.1) is 24.0 Å². The Morgan fingerprint density at radius 1 is 0.833 bits per heavy atom. The number of rotatable bonds is 8. The van der Waals surface area contributed by atoms with Crippen molar-refractivity contribution >= 4 is 32.8 Å². The van der Waals surface area contributed by atoms with Crippen LogP contribution in [0.4, 0.5) is 22.7 Å². The third-order valence-electron chi connectivity index (χ3n) is 4.19. The summed E-state index contributed by atoms with van der Waals surface area (Å²) in [6.07, 6.45) is 0. The van der Waals surface area contributed by atoms with Gasteiger partial charge in [0, 0.05) is 17.4 Å². The smallest absolute Gasteiger partial charge is 0.294 e. The van der Waals surface area contributed by atoms with E-state index in [-0.39, 0.29) is 16.3 Å². The van der Waals surface area contributed by atoms with Crippen LogP contribution >= 0.6 is 0 Å². The van der Waals surface area contributed by atoms with Crippen molar-refractivity contribution in [2.75, 3.05) is 24.3 Å². The number of sulfonamides is 1. The lowest BCUT2D eigenvalue weighted by molar-refractivity contribution is -0.384. The zero-order valence-electron chi connectivity index (χ0n) is 16.2. The molecule has 30 heavy (non-hydrogen) atoms. The van der Waals surface area contributed by atoms with Gasteiger partial charge >= 0.3 is 0 Å². The number of hydrogen-bond acceptors (Lipinski definition) is 7. The SMILES string of the molecule is COc1ccc(Nc2ccc(S(=O)(=O)Nc3ccc(OC)cc3)cc2[N+](=O)[O-])cc1. The van der Waals surface area contributed by atoms with Crippen LogP contribution in [0.3, 0.4) is 0 Å². The second-order valence-corrected chi connectivity index (χ2v) is 7.81. The molecule has 0 radical (unpaired) electrons. The highest BCUT2D eigenvalue weighted by Gasteiger charge is 2.22. The molecule has 10 heteroatoms. The minimum absolute atomic E-state index is 0.161. The number of nitrogens with one attached hydrogen (secondary N) is 2. The van der Waals surface area contributed by atoms with Crippen LogP contribution in [0, 0.1) is 10.1 Å². The second kappa shape index (κ2) is 8.70. The highest BCUT2D eigenvalue weighted by Crippen LogP contribution is 2.31. The van der Waals surface area contributed by atoms with Gasteiger partial charge in [-0.05, 0) is 60.7 Å². The topological polar surface area (TPSA) is 120 Å². The van der Waals surface area contributed by atoms with Crippen LogP contribution in [-0.4, -0.2) is 27.6 Å². The van der Waals surface area contributed by atoms with Crippen LogP contribution in [0.5, 0.6) is 11.5 Å². The molecule has 0 fully saturated rings. The first-order valence-corrected chi connectivity index (χ1v) is 10.2. The van der Waals surface area contributed by atoms with E-state index >= 15 is 0 Å². The van der Waals surface area contributed by atoms with Gasteiger partial charge in [0.25, 0.3) is 15.7 Å². The van der Waals surface area contributed by atoms with Crippen molar-refractivity contribution in [3.63, 3.8) is 0 Å². The standard InChI is InChI=1S/C20H19N3O6S/c1-28-16-7-3-14(4-8-16)21-19-12-11-18(13-20(19)23(24)25)30(26,27)22-15-5-9-17(29-2)10-6-15/h3-13,21-22H,1-2H3. The predicted octanol–water partition coefficient (Wildman–Crippen LogP) is 4.16. The fourth-order valence-corrected chi connectivity index (χ4v) is 3.72. The van der Waals surface area contributed by atoms with Gasteiger partial charge in [-0.25, -0.2) is 8.42 Å². The van der Waals surface area contributed by atoms with Crippen LogP contribution in [0.2, 0.25) is 0 Å². The summed E-state index contributed by atoms with van der Waals surface area (Å²) >= 11 is 0. The Labute approximate surface area is 173 Å². The van der Waals surface area contributed by atoms with E-state index < -0.39 is 14.9 Å². The van der Waals surface area contributed by atoms with Gasteiger partial charge in [0.15, 0.2) is 0 Å². The maximum Gasteiger partial charge on any atom is 0.294 e. The van der Waals surface area contributed by atoms with Crippen LogP contribution in [-0.2, 0) is 10.0 Å². The van der Waals surface area contributed by atoms with E-state index in [1.807, 2.05) is 0 Å². The minimum atomic E-state index is -4.03. The summed E-state index contributed by atoms with van der Waals surface area (Å²) in [4.78, 5) is 10.7. The normalized spacial score (nSPS) is 10.9. The van der Waals surface area contributed by atoms with E-state index in [0.29, 0.717) is 22.9 Å². The Bertz CT molecular complexity index is 1150. The molecule has 0 aliphatic carbocycles. The summed E-state index contributed by atoms with van der Waals surface area (Å²) < 4.78 is 37.9. The molecule has 0 heterocycles.